The van der Waals surface area contributed by atoms with Crippen LogP contribution in [-0.2, 0) is 0 Å². The van der Waals surface area contributed by atoms with E-state index in [1.54, 1.807) is 18.0 Å². The van der Waals surface area contributed by atoms with Crippen LogP contribution in [0.3, 0.4) is 0 Å². The van der Waals surface area contributed by atoms with Gasteiger partial charge in [0.25, 0.3) is 5.91 Å². The monoisotopic (exact) mass is 387 g/mol. The molecule has 2 N–H and O–H groups in total. The van der Waals surface area contributed by atoms with Gasteiger partial charge in [0.2, 0.25) is 0 Å². The van der Waals surface area contributed by atoms with Gasteiger partial charge in [-0.15, -0.1) is 0 Å². The van der Waals surface area contributed by atoms with Gasteiger partial charge in [-0.2, -0.15) is 5.10 Å². The van der Waals surface area contributed by atoms with Crippen LogP contribution in [-0.4, -0.2) is 26.1 Å². The van der Waals surface area contributed by atoms with Crippen molar-refractivity contribution in [3.05, 3.63) is 84.3 Å². The number of aryl methyl sites for hydroxylation is 1. The third-order valence-electron chi connectivity index (χ3n) is 3.97. The predicted octanol–water partition coefficient (Wildman–Crippen LogP) is 4.58. The van der Waals surface area contributed by atoms with E-state index in [4.69, 9.17) is 0 Å². The summed E-state index contributed by atoms with van der Waals surface area (Å²) >= 11 is 1.56. The van der Waals surface area contributed by atoms with Crippen LogP contribution < -0.4 is 5.32 Å². The van der Waals surface area contributed by atoms with Gasteiger partial charge in [0, 0.05) is 27.9 Å². The van der Waals surface area contributed by atoms with E-state index in [0.717, 1.165) is 21.3 Å². The topological polar surface area (TPSA) is 83.6 Å². The molecule has 4 rings (SSSR count). The van der Waals surface area contributed by atoms with Crippen LogP contribution in [0.15, 0.2) is 82.8 Å². The van der Waals surface area contributed by atoms with Gasteiger partial charge < -0.3 is 5.32 Å². The summed E-state index contributed by atoms with van der Waals surface area (Å²) in [4.78, 5) is 22.1. The van der Waals surface area contributed by atoms with Gasteiger partial charge in [-0.05, 0) is 67.6 Å². The van der Waals surface area contributed by atoms with Crippen LogP contribution in [0.25, 0.3) is 11.4 Å². The molecule has 4 aromatic rings. The van der Waals surface area contributed by atoms with Crippen LogP contribution in [0.5, 0.6) is 0 Å². The Morgan fingerprint density at radius 2 is 1.79 bits per heavy atom. The first-order chi connectivity index (χ1) is 13.7. The maximum absolute atomic E-state index is 12.5. The van der Waals surface area contributed by atoms with Gasteiger partial charge in [0.15, 0.2) is 5.82 Å². The largest absolute Gasteiger partial charge is 0.322 e. The Bertz CT molecular complexity index is 1080. The lowest BCUT2D eigenvalue weighted by atomic mass is 10.1. The molecule has 2 aromatic carbocycles. The fourth-order valence-corrected chi connectivity index (χ4v) is 3.35. The van der Waals surface area contributed by atoms with Gasteiger partial charge in [-0.1, -0.05) is 17.8 Å². The zero-order chi connectivity index (χ0) is 19.3. The molecule has 0 aliphatic heterocycles. The van der Waals surface area contributed by atoms with Crippen LogP contribution >= 0.6 is 11.8 Å². The number of nitrogens with one attached hydrogen (secondary N) is 2. The van der Waals surface area contributed by atoms with Crippen LogP contribution in [0.4, 0.5) is 5.69 Å². The number of hydrogen-bond donors (Lipinski definition) is 2. The molecule has 1 amide bonds. The maximum atomic E-state index is 12.5. The fraction of sp³-hybridized carbons (Fsp3) is 0.0476. The highest BCUT2D eigenvalue weighted by molar-refractivity contribution is 7.99. The Morgan fingerprint density at radius 3 is 2.43 bits per heavy atom. The van der Waals surface area contributed by atoms with Crippen molar-refractivity contribution in [2.45, 2.75) is 16.8 Å². The van der Waals surface area contributed by atoms with Crippen molar-refractivity contribution in [3.8, 4) is 11.4 Å². The molecule has 2 heterocycles. The van der Waals surface area contributed by atoms with E-state index in [0.29, 0.717) is 17.1 Å². The Balaban J connectivity index is 1.40. The smallest absolute Gasteiger partial charge is 0.255 e. The van der Waals surface area contributed by atoms with E-state index in [2.05, 4.69) is 25.5 Å². The first-order valence-corrected chi connectivity index (χ1v) is 9.49. The van der Waals surface area contributed by atoms with E-state index in [1.165, 1.54) is 0 Å². The summed E-state index contributed by atoms with van der Waals surface area (Å²) in [5.41, 5.74) is 2.20. The first-order valence-electron chi connectivity index (χ1n) is 8.67. The van der Waals surface area contributed by atoms with Crippen molar-refractivity contribution in [2.75, 3.05) is 5.32 Å². The third kappa shape index (κ3) is 4.27. The molecular weight excluding hydrogens is 370 g/mol. The summed E-state index contributed by atoms with van der Waals surface area (Å²) in [6, 6.07) is 20.7. The van der Waals surface area contributed by atoms with Crippen molar-refractivity contribution < 1.29 is 4.79 Å². The predicted molar refractivity (Wildman–Crippen MR) is 109 cm³/mol. The van der Waals surface area contributed by atoms with Gasteiger partial charge in [0.05, 0.1) is 0 Å². The molecule has 138 valence electrons. The van der Waals surface area contributed by atoms with Gasteiger partial charge >= 0.3 is 0 Å². The lowest BCUT2D eigenvalue weighted by molar-refractivity contribution is 0.102. The number of H-pyrrole nitrogens is 1. The average Bonchev–Trinajstić information content (AvgIpc) is 3.16. The summed E-state index contributed by atoms with van der Waals surface area (Å²) in [5.74, 6) is 1.24. The molecule has 0 saturated carbocycles. The number of amides is 1. The number of benzene rings is 2. The average molecular weight is 387 g/mol. The second kappa shape index (κ2) is 8.06. The molecule has 2 aromatic heterocycles. The number of aromatic nitrogens is 4. The molecule has 0 spiro atoms. The molecule has 0 fully saturated rings. The normalized spacial score (nSPS) is 10.6. The lowest BCUT2D eigenvalue weighted by Crippen LogP contribution is -2.11. The van der Waals surface area contributed by atoms with Crippen molar-refractivity contribution >= 4 is 23.4 Å². The van der Waals surface area contributed by atoms with Crippen molar-refractivity contribution in [2.24, 2.45) is 0 Å². The summed E-state index contributed by atoms with van der Waals surface area (Å²) in [6.45, 7) is 1.85. The number of nitrogens with zero attached hydrogens (tertiary/aromatic N) is 3. The van der Waals surface area contributed by atoms with E-state index in [9.17, 15) is 4.79 Å². The molecule has 0 aliphatic rings. The van der Waals surface area contributed by atoms with Gasteiger partial charge in [-0.25, -0.2) is 9.97 Å². The minimum atomic E-state index is -0.157. The van der Waals surface area contributed by atoms with Gasteiger partial charge in [0.1, 0.15) is 10.9 Å². The number of hydrogen-bond acceptors (Lipinski definition) is 5. The van der Waals surface area contributed by atoms with E-state index in [-0.39, 0.29) is 5.91 Å². The highest BCUT2D eigenvalue weighted by Crippen LogP contribution is 2.26. The Labute approximate surface area is 166 Å². The van der Waals surface area contributed by atoms with Crippen molar-refractivity contribution in [3.63, 3.8) is 0 Å². The van der Waals surface area contributed by atoms with Gasteiger partial charge in [-0.3, -0.25) is 9.89 Å². The molecular formula is C21H17N5OS. The molecule has 0 atom stereocenters. The Morgan fingerprint density at radius 1 is 1.00 bits per heavy atom. The lowest BCUT2D eigenvalue weighted by Gasteiger charge is -2.07. The Kier molecular flexibility index (Phi) is 5.16. The fourth-order valence-electron chi connectivity index (χ4n) is 2.58. The number of carbonyl (C=O) groups excluding carboxylic acids is 1. The highest BCUT2D eigenvalue weighted by atomic mass is 32.2. The summed E-state index contributed by atoms with van der Waals surface area (Å²) in [6.07, 6.45) is 1.76. The number of rotatable bonds is 5. The number of carbonyl (C=O) groups is 1. The maximum Gasteiger partial charge on any atom is 0.255 e. The zero-order valence-electron chi connectivity index (χ0n) is 15.1. The minimum Gasteiger partial charge on any atom is -0.322 e. The molecule has 0 saturated heterocycles. The molecule has 0 unspecified atom stereocenters. The second-order valence-electron chi connectivity index (χ2n) is 6.07. The minimum absolute atomic E-state index is 0.157. The van der Waals surface area contributed by atoms with Crippen molar-refractivity contribution in [1.29, 1.82) is 0 Å². The highest BCUT2D eigenvalue weighted by Gasteiger charge is 2.08. The first kappa shape index (κ1) is 17.9. The summed E-state index contributed by atoms with van der Waals surface area (Å²) in [5, 5.41) is 10.8. The van der Waals surface area contributed by atoms with Crippen LogP contribution in [0, 0.1) is 6.92 Å². The summed E-state index contributed by atoms with van der Waals surface area (Å²) in [7, 11) is 0. The molecule has 0 aliphatic carbocycles. The number of aromatic amines is 1. The second-order valence-corrected chi connectivity index (χ2v) is 7.16. The zero-order valence-corrected chi connectivity index (χ0v) is 15.9. The summed E-state index contributed by atoms with van der Waals surface area (Å²) < 4.78 is 0. The Hall–Kier alpha value is -3.45. The molecule has 28 heavy (non-hydrogen) atoms. The number of anilines is 1. The third-order valence-corrected chi connectivity index (χ3v) is 4.93. The number of pyridine rings is 1. The molecule has 6 nitrogen and oxygen atoms in total. The SMILES string of the molecule is Cc1nc(-c2ccc(NC(=O)c3ccc(Sc4ccccn4)cc3)cc2)n[nH]1. The quantitative estimate of drug-likeness (QED) is 0.524. The molecule has 7 heteroatoms. The van der Waals surface area contributed by atoms with E-state index < -0.39 is 0 Å². The van der Waals surface area contributed by atoms with E-state index in [1.807, 2.05) is 73.7 Å². The van der Waals surface area contributed by atoms with Crippen molar-refractivity contribution in [1.82, 2.24) is 20.2 Å². The molecule has 0 radical (unpaired) electrons. The van der Waals surface area contributed by atoms with Crippen LogP contribution in [0.2, 0.25) is 0 Å². The van der Waals surface area contributed by atoms with Crippen LogP contribution in [0.1, 0.15) is 16.2 Å². The van der Waals surface area contributed by atoms with E-state index >= 15 is 0 Å². The molecule has 0 bridgehead atoms. The standard InChI is InChI=1S/C21H17N5OS/c1-14-23-20(26-25-14)15-5-9-17(10-6-15)24-21(27)16-7-11-18(12-8-16)28-19-4-2-3-13-22-19/h2-13H,1H3,(H,24,27)(H,23,25,26).